The lowest BCUT2D eigenvalue weighted by Crippen LogP contribution is -2.43. The molecule has 0 radical (unpaired) electrons. The molecule has 1 atom stereocenters. The first-order chi connectivity index (χ1) is 19.9. The van der Waals surface area contributed by atoms with Gasteiger partial charge >= 0.3 is 18.1 Å². The second-order valence-corrected chi connectivity index (χ2v) is 10.2. The topological polar surface area (TPSA) is 120 Å². The Hall–Kier alpha value is -5.19. The van der Waals surface area contributed by atoms with Crippen LogP contribution in [0.2, 0.25) is 0 Å². The van der Waals surface area contributed by atoms with Crippen LogP contribution in [0.5, 0.6) is 0 Å². The molecule has 0 saturated carbocycles. The van der Waals surface area contributed by atoms with E-state index < -0.39 is 29.6 Å². The van der Waals surface area contributed by atoms with Crippen molar-refractivity contribution in [3.8, 4) is 0 Å². The second-order valence-electron chi connectivity index (χ2n) is 10.2. The molecule has 8 nitrogen and oxygen atoms in total. The van der Waals surface area contributed by atoms with Crippen molar-refractivity contribution in [2.45, 2.75) is 31.7 Å². The Balaban J connectivity index is 1.48. The number of rotatable bonds is 7. The first-order valence-electron chi connectivity index (χ1n) is 12.9. The molecule has 0 aromatic heterocycles. The molecule has 0 aliphatic carbocycles. The van der Waals surface area contributed by atoms with Gasteiger partial charge in [-0.3, -0.25) is 19.9 Å². The minimum atomic E-state index is -5.06. The first kappa shape index (κ1) is 28.3. The quantitative estimate of drug-likeness (QED) is 0.154. The lowest BCUT2D eigenvalue weighted by molar-refractivity contribution is -0.167. The van der Waals surface area contributed by atoms with Crippen LogP contribution in [0.15, 0.2) is 91.0 Å². The molecule has 5 rings (SSSR count). The summed E-state index contributed by atoms with van der Waals surface area (Å²) in [7, 11) is 0. The van der Waals surface area contributed by atoms with Gasteiger partial charge in [0.2, 0.25) is 0 Å². The van der Waals surface area contributed by atoms with E-state index in [4.69, 9.17) is 11.1 Å². The summed E-state index contributed by atoms with van der Waals surface area (Å²) in [5, 5.41) is 11.2. The predicted molar refractivity (Wildman–Crippen MR) is 151 cm³/mol. The molecule has 1 fully saturated rings. The fraction of sp³-hybridized carbons (Fsp3) is 0.161. The van der Waals surface area contributed by atoms with Crippen molar-refractivity contribution in [2.24, 2.45) is 5.73 Å². The van der Waals surface area contributed by atoms with E-state index in [2.05, 4.69) is 0 Å². The van der Waals surface area contributed by atoms with Gasteiger partial charge in [-0.1, -0.05) is 66.7 Å². The Morgan fingerprint density at radius 3 is 2.26 bits per heavy atom. The van der Waals surface area contributed by atoms with Gasteiger partial charge in [0.25, 0.3) is 5.91 Å². The van der Waals surface area contributed by atoms with Crippen molar-refractivity contribution in [3.05, 3.63) is 113 Å². The highest BCUT2D eigenvalue weighted by Gasteiger charge is 2.55. The molecular weight excluding hydrogens is 547 g/mol. The van der Waals surface area contributed by atoms with Crippen LogP contribution >= 0.6 is 0 Å². The maximum atomic E-state index is 14.0. The van der Waals surface area contributed by atoms with Gasteiger partial charge in [0, 0.05) is 17.8 Å². The number of nitrogens with one attached hydrogen (secondary N) is 2. The number of nitrogens with zero attached hydrogens (tertiary/aromatic N) is 2. The number of carbonyl (C=O) groups is 3. The predicted octanol–water partition coefficient (Wildman–Crippen LogP) is 5.50. The van der Waals surface area contributed by atoms with Gasteiger partial charge < -0.3 is 16.0 Å². The summed E-state index contributed by atoms with van der Waals surface area (Å²) in [5.74, 6) is -2.65. The number of anilines is 1. The number of imide groups is 1. The number of urea groups is 1. The summed E-state index contributed by atoms with van der Waals surface area (Å²) in [5.41, 5.74) is 6.34. The number of amides is 4. The van der Waals surface area contributed by atoms with E-state index in [1.807, 2.05) is 29.6 Å². The van der Waals surface area contributed by atoms with E-state index >= 15 is 0 Å². The molecule has 4 aromatic carbocycles. The van der Waals surface area contributed by atoms with Crippen LogP contribution in [0.4, 0.5) is 23.7 Å². The summed E-state index contributed by atoms with van der Waals surface area (Å²) < 4.78 is 38.4. The summed E-state index contributed by atoms with van der Waals surface area (Å²) in [6, 6.07) is 24.7. The van der Waals surface area contributed by atoms with Crippen LogP contribution in [0.3, 0.4) is 0 Å². The number of amidine groups is 1. The highest BCUT2D eigenvalue weighted by atomic mass is 19.4. The van der Waals surface area contributed by atoms with Gasteiger partial charge in [-0.2, -0.15) is 13.2 Å². The zero-order chi connectivity index (χ0) is 30.2. The Labute approximate surface area is 239 Å². The van der Waals surface area contributed by atoms with Crippen LogP contribution in [0.1, 0.15) is 29.2 Å². The minimum Gasteiger partial charge on any atom is -0.384 e. The monoisotopic (exact) mass is 573 g/mol. The fourth-order valence-electron chi connectivity index (χ4n) is 5.09. The van der Waals surface area contributed by atoms with E-state index in [0.717, 1.165) is 15.7 Å². The smallest absolute Gasteiger partial charge is 0.384 e. The van der Waals surface area contributed by atoms with E-state index in [0.29, 0.717) is 22.3 Å². The van der Waals surface area contributed by atoms with Crippen molar-refractivity contribution >= 4 is 40.1 Å². The highest BCUT2D eigenvalue weighted by Crippen LogP contribution is 2.39. The van der Waals surface area contributed by atoms with Gasteiger partial charge in [-0.25, -0.2) is 4.79 Å². The molecule has 42 heavy (non-hydrogen) atoms. The highest BCUT2D eigenvalue weighted by molar-refractivity contribution is 6.07. The molecular formula is C31H26F3N5O3. The van der Waals surface area contributed by atoms with Crippen molar-refractivity contribution < 1.29 is 27.6 Å². The van der Waals surface area contributed by atoms with Crippen molar-refractivity contribution in [1.29, 1.82) is 5.41 Å². The number of hydrogen-bond donors (Lipinski definition) is 3. The number of benzene rings is 4. The van der Waals surface area contributed by atoms with Crippen LogP contribution in [0.25, 0.3) is 10.8 Å². The standard InChI is InChI=1S/C31H26F3N5O3/c1-30(24-7-3-2-4-8-24)28(41)38(17-20-10-11-21-12-13-22(26(35)36)16-23(21)14-20)29(42)39(30)18-19-6-5-9-25(15-19)37-27(40)31(32,33)34/h2-16H,17-18H2,1H3,(H3,35,36)(H,37,40). The number of halogens is 3. The third-order valence-electron chi connectivity index (χ3n) is 7.34. The molecule has 1 aliphatic rings. The summed E-state index contributed by atoms with van der Waals surface area (Å²) in [4.78, 5) is 41.9. The Bertz CT molecular complexity index is 1720. The Morgan fingerprint density at radius 1 is 0.881 bits per heavy atom. The Kier molecular flexibility index (Phi) is 7.19. The van der Waals surface area contributed by atoms with Gasteiger partial charge in [-0.05, 0) is 58.7 Å². The van der Waals surface area contributed by atoms with Gasteiger partial charge in [0.15, 0.2) is 0 Å². The second kappa shape index (κ2) is 10.7. The maximum Gasteiger partial charge on any atom is 0.471 e. The maximum absolute atomic E-state index is 14.0. The summed E-state index contributed by atoms with van der Waals surface area (Å²) in [6.07, 6.45) is -5.06. The third-order valence-corrected chi connectivity index (χ3v) is 7.34. The van der Waals surface area contributed by atoms with Gasteiger partial charge in [-0.15, -0.1) is 0 Å². The zero-order valence-electron chi connectivity index (χ0n) is 22.4. The normalized spacial score (nSPS) is 17.1. The van der Waals surface area contributed by atoms with Crippen molar-refractivity contribution in [2.75, 3.05) is 5.32 Å². The molecule has 1 aliphatic heterocycles. The number of nitrogen functional groups attached to an aromatic ring is 1. The molecule has 4 aromatic rings. The van der Waals surface area contributed by atoms with Gasteiger partial charge in [0.05, 0.1) is 6.54 Å². The number of carbonyl (C=O) groups excluding carboxylic acids is 3. The van der Waals surface area contributed by atoms with E-state index in [1.54, 1.807) is 55.5 Å². The van der Waals surface area contributed by atoms with Gasteiger partial charge in [0.1, 0.15) is 11.4 Å². The van der Waals surface area contributed by atoms with Crippen LogP contribution in [0, 0.1) is 5.41 Å². The summed E-state index contributed by atoms with van der Waals surface area (Å²) >= 11 is 0. The first-order valence-corrected chi connectivity index (χ1v) is 12.9. The number of alkyl halides is 3. The minimum absolute atomic E-state index is 0.0293. The zero-order valence-corrected chi connectivity index (χ0v) is 22.4. The number of fused-ring (bicyclic) bond motifs is 1. The van der Waals surface area contributed by atoms with Crippen LogP contribution in [-0.4, -0.2) is 39.7 Å². The van der Waals surface area contributed by atoms with Crippen LogP contribution < -0.4 is 11.1 Å². The van der Waals surface area contributed by atoms with Crippen LogP contribution in [-0.2, 0) is 28.2 Å². The molecule has 4 amide bonds. The van der Waals surface area contributed by atoms with Crippen molar-refractivity contribution in [1.82, 2.24) is 9.80 Å². The molecule has 1 heterocycles. The lowest BCUT2D eigenvalue weighted by atomic mass is 9.90. The molecule has 1 saturated heterocycles. The molecule has 11 heteroatoms. The number of nitrogens with two attached hydrogens (primary N) is 1. The Morgan fingerprint density at radius 2 is 1.57 bits per heavy atom. The molecule has 214 valence electrons. The van der Waals surface area contributed by atoms with E-state index in [9.17, 15) is 27.6 Å². The molecule has 1 unspecified atom stereocenters. The molecule has 4 N–H and O–H groups in total. The lowest BCUT2D eigenvalue weighted by Gasteiger charge is -2.32. The summed E-state index contributed by atoms with van der Waals surface area (Å²) in [6.45, 7) is 1.50. The van der Waals surface area contributed by atoms with E-state index in [-0.39, 0.29) is 24.6 Å². The SMILES string of the molecule is CC1(c2ccccc2)C(=O)N(Cc2ccc3ccc(C(=N)N)cc3c2)C(=O)N1Cc1cccc(NC(=O)C(F)(F)F)c1. The molecule has 0 spiro atoms. The number of hydrogen-bond acceptors (Lipinski definition) is 4. The van der Waals surface area contributed by atoms with Crippen molar-refractivity contribution in [3.63, 3.8) is 0 Å². The fourth-order valence-corrected chi connectivity index (χ4v) is 5.09. The average molecular weight is 574 g/mol. The third kappa shape index (κ3) is 5.28. The largest absolute Gasteiger partial charge is 0.471 e. The van der Waals surface area contributed by atoms with E-state index in [1.165, 1.54) is 23.1 Å². The molecule has 0 bridgehead atoms. The average Bonchev–Trinajstić information content (AvgIpc) is 3.13.